The average Bonchev–Trinajstić information content (AvgIpc) is 3.12. The third kappa shape index (κ3) is 7.38. The fraction of sp³-hybridized carbons (Fsp3) is 0.577. The number of hydrogen-bond acceptors (Lipinski definition) is 3. The van der Waals surface area contributed by atoms with Gasteiger partial charge >= 0.3 is 5.97 Å². The number of rotatable bonds is 10. The largest absolute Gasteiger partial charge is 0.460 e. The molecule has 2 rings (SSSR count). The van der Waals surface area contributed by atoms with E-state index in [0.717, 1.165) is 18.4 Å². The lowest BCUT2D eigenvalue weighted by molar-refractivity contribution is 0.0461. The minimum absolute atomic E-state index is 0.233. The molecule has 0 aliphatic heterocycles. The molecule has 0 aromatic carbocycles. The Morgan fingerprint density at radius 2 is 1.97 bits per heavy atom. The van der Waals surface area contributed by atoms with Crippen LogP contribution in [0.2, 0.25) is 0 Å². The number of carbonyl (C=O) groups excluding carboxylic acids is 1. The summed E-state index contributed by atoms with van der Waals surface area (Å²) >= 11 is 0. The third-order valence-electron chi connectivity index (χ3n) is 5.73. The number of carbonyl (C=O) groups is 1. The number of ether oxygens (including phenoxy) is 1. The lowest BCUT2D eigenvalue weighted by Gasteiger charge is -2.32. The lowest BCUT2D eigenvalue weighted by atomic mass is 9.72. The van der Waals surface area contributed by atoms with Gasteiger partial charge in [0.1, 0.15) is 5.76 Å². The van der Waals surface area contributed by atoms with Gasteiger partial charge in [-0.2, -0.15) is 0 Å². The van der Waals surface area contributed by atoms with E-state index in [1.807, 2.05) is 12.1 Å². The van der Waals surface area contributed by atoms with Crippen LogP contribution in [0.5, 0.6) is 0 Å². The second-order valence-corrected chi connectivity index (χ2v) is 8.91. The van der Waals surface area contributed by atoms with Crippen LogP contribution in [-0.2, 0) is 4.74 Å². The van der Waals surface area contributed by atoms with Crippen LogP contribution >= 0.6 is 0 Å². The summed E-state index contributed by atoms with van der Waals surface area (Å²) in [5, 5.41) is 0. The summed E-state index contributed by atoms with van der Waals surface area (Å²) in [6.45, 7) is 11.6. The highest BCUT2D eigenvalue weighted by Gasteiger charge is 2.26. The molecule has 0 saturated carbocycles. The first-order chi connectivity index (χ1) is 13.8. The first kappa shape index (κ1) is 23.3. The summed E-state index contributed by atoms with van der Waals surface area (Å²) in [7, 11) is 0. The number of esters is 1. The number of unbranched alkanes of at least 4 members (excludes halogenated alkanes) is 4. The molecule has 1 aliphatic carbocycles. The van der Waals surface area contributed by atoms with Crippen LogP contribution in [0.3, 0.4) is 0 Å². The van der Waals surface area contributed by atoms with E-state index in [1.165, 1.54) is 49.7 Å². The van der Waals surface area contributed by atoms with Crippen molar-refractivity contribution in [2.75, 3.05) is 6.61 Å². The molecule has 29 heavy (non-hydrogen) atoms. The summed E-state index contributed by atoms with van der Waals surface area (Å²) < 4.78 is 11.0. The van der Waals surface area contributed by atoms with Gasteiger partial charge in [0.15, 0.2) is 0 Å². The molecule has 0 spiro atoms. The topological polar surface area (TPSA) is 39.4 Å². The highest BCUT2D eigenvalue weighted by molar-refractivity contribution is 5.86. The standard InChI is InChI=1S/C26H38O3/c1-6-7-8-9-10-18-28-25(27)24-16-14-22(29-24)19-20(2)13-15-23-21(3)12-11-17-26(23,4)5/h13-16,19H,6-12,17-18H2,1-5H3/b15-13+,20-19+. The van der Waals surface area contributed by atoms with Crippen molar-refractivity contribution in [3.05, 3.63) is 52.5 Å². The Balaban J connectivity index is 1.91. The van der Waals surface area contributed by atoms with E-state index in [0.29, 0.717) is 12.4 Å². The average molecular weight is 399 g/mol. The Hall–Kier alpha value is -2.03. The predicted molar refractivity (Wildman–Crippen MR) is 121 cm³/mol. The van der Waals surface area contributed by atoms with E-state index in [-0.39, 0.29) is 17.1 Å². The van der Waals surface area contributed by atoms with Gasteiger partial charge < -0.3 is 9.15 Å². The maximum absolute atomic E-state index is 12.1. The van der Waals surface area contributed by atoms with E-state index in [4.69, 9.17) is 9.15 Å². The number of allylic oxidation sites excluding steroid dienone is 5. The Kier molecular flexibility index (Phi) is 9.00. The minimum Gasteiger partial charge on any atom is -0.460 e. The van der Waals surface area contributed by atoms with Crippen LogP contribution in [0.1, 0.15) is 102 Å². The van der Waals surface area contributed by atoms with Crippen molar-refractivity contribution >= 4 is 12.0 Å². The number of furan rings is 1. The van der Waals surface area contributed by atoms with Crippen molar-refractivity contribution in [2.24, 2.45) is 5.41 Å². The fourth-order valence-electron chi connectivity index (χ4n) is 3.98. The molecule has 0 bridgehead atoms. The molecule has 3 heteroatoms. The summed E-state index contributed by atoms with van der Waals surface area (Å²) in [5.74, 6) is 0.572. The normalized spacial score (nSPS) is 17.2. The maximum Gasteiger partial charge on any atom is 0.374 e. The Morgan fingerprint density at radius 1 is 1.21 bits per heavy atom. The molecule has 0 unspecified atom stereocenters. The van der Waals surface area contributed by atoms with E-state index in [9.17, 15) is 4.79 Å². The van der Waals surface area contributed by atoms with Gasteiger partial charge in [-0.05, 0) is 74.3 Å². The van der Waals surface area contributed by atoms with Crippen molar-refractivity contribution in [1.82, 2.24) is 0 Å². The summed E-state index contributed by atoms with van der Waals surface area (Å²) in [5.41, 5.74) is 4.26. The van der Waals surface area contributed by atoms with Crippen LogP contribution in [0.25, 0.3) is 6.08 Å². The molecule has 1 aromatic heterocycles. The van der Waals surface area contributed by atoms with Gasteiger partial charge in [0.05, 0.1) is 6.61 Å². The van der Waals surface area contributed by atoms with Crippen molar-refractivity contribution in [1.29, 1.82) is 0 Å². The molecule has 3 nitrogen and oxygen atoms in total. The second kappa shape index (κ2) is 11.2. The van der Waals surface area contributed by atoms with E-state index >= 15 is 0 Å². The van der Waals surface area contributed by atoms with Gasteiger partial charge in [-0.3, -0.25) is 0 Å². The smallest absolute Gasteiger partial charge is 0.374 e. The molecule has 1 heterocycles. The van der Waals surface area contributed by atoms with Crippen molar-refractivity contribution < 1.29 is 13.9 Å². The monoisotopic (exact) mass is 398 g/mol. The van der Waals surface area contributed by atoms with Crippen molar-refractivity contribution in [3.8, 4) is 0 Å². The second-order valence-electron chi connectivity index (χ2n) is 8.91. The Labute approximate surface area is 176 Å². The zero-order chi connectivity index (χ0) is 21.3. The molecular weight excluding hydrogens is 360 g/mol. The quantitative estimate of drug-likeness (QED) is 0.228. The highest BCUT2D eigenvalue weighted by Crippen LogP contribution is 2.40. The molecule has 0 N–H and O–H groups in total. The SMILES string of the molecule is CCCCCCCOC(=O)c1ccc(/C=C(C)/C=C/C2=C(C)CCCC2(C)C)o1. The molecule has 0 saturated heterocycles. The summed E-state index contributed by atoms with van der Waals surface area (Å²) in [6.07, 6.45) is 15.7. The third-order valence-corrected chi connectivity index (χ3v) is 5.73. The van der Waals surface area contributed by atoms with Crippen LogP contribution in [-0.4, -0.2) is 12.6 Å². The molecule has 160 valence electrons. The lowest BCUT2D eigenvalue weighted by Crippen LogP contribution is -2.19. The maximum atomic E-state index is 12.1. The molecule has 0 atom stereocenters. The molecule has 0 fully saturated rings. The van der Waals surface area contributed by atoms with Crippen LogP contribution in [0.4, 0.5) is 0 Å². The highest BCUT2D eigenvalue weighted by atomic mass is 16.5. The first-order valence-electron chi connectivity index (χ1n) is 11.2. The summed E-state index contributed by atoms with van der Waals surface area (Å²) in [6, 6.07) is 3.52. The van der Waals surface area contributed by atoms with Gasteiger partial charge in [0.25, 0.3) is 0 Å². The minimum atomic E-state index is -0.377. The van der Waals surface area contributed by atoms with Gasteiger partial charge in [0, 0.05) is 0 Å². The van der Waals surface area contributed by atoms with E-state index in [1.54, 1.807) is 6.07 Å². The van der Waals surface area contributed by atoms with Crippen LogP contribution in [0, 0.1) is 5.41 Å². The fourth-order valence-corrected chi connectivity index (χ4v) is 3.98. The Morgan fingerprint density at radius 3 is 2.69 bits per heavy atom. The van der Waals surface area contributed by atoms with Gasteiger partial charge in [-0.15, -0.1) is 0 Å². The first-order valence-corrected chi connectivity index (χ1v) is 11.2. The zero-order valence-electron chi connectivity index (χ0n) is 19.0. The Bertz CT molecular complexity index is 759. The molecule has 1 aliphatic rings. The van der Waals surface area contributed by atoms with Crippen LogP contribution < -0.4 is 0 Å². The van der Waals surface area contributed by atoms with Crippen molar-refractivity contribution in [3.63, 3.8) is 0 Å². The van der Waals surface area contributed by atoms with Gasteiger partial charge in [-0.1, -0.05) is 64.2 Å². The van der Waals surface area contributed by atoms with Gasteiger partial charge in [-0.25, -0.2) is 4.79 Å². The molecule has 1 aromatic rings. The zero-order valence-corrected chi connectivity index (χ0v) is 19.0. The molecule has 0 radical (unpaired) electrons. The summed E-state index contributed by atoms with van der Waals surface area (Å²) in [4.78, 5) is 12.1. The van der Waals surface area contributed by atoms with E-state index in [2.05, 4.69) is 46.8 Å². The molecule has 0 amide bonds. The molecular formula is C26H38O3. The van der Waals surface area contributed by atoms with E-state index < -0.39 is 0 Å². The van der Waals surface area contributed by atoms with Crippen molar-refractivity contribution in [2.45, 2.75) is 86.0 Å². The number of hydrogen-bond donors (Lipinski definition) is 0. The van der Waals surface area contributed by atoms with Crippen LogP contribution in [0.15, 0.2) is 45.4 Å². The predicted octanol–water partition coefficient (Wildman–Crippen LogP) is 7.89. The van der Waals surface area contributed by atoms with Gasteiger partial charge in [0.2, 0.25) is 5.76 Å².